The van der Waals surface area contributed by atoms with Crippen LogP contribution in [0.1, 0.15) is 0 Å². The zero-order valence-corrected chi connectivity index (χ0v) is 7.08. The van der Waals surface area contributed by atoms with E-state index >= 15 is 0 Å². The number of allylic oxidation sites excluding steroid dienone is 1. The van der Waals surface area contributed by atoms with Gasteiger partial charge in [0.05, 0.1) is 8.07 Å². The summed E-state index contributed by atoms with van der Waals surface area (Å²) >= 11 is 0. The topological polar surface area (TPSA) is 0 Å². The molecule has 1 rings (SSSR count). The molecule has 0 atom stereocenters. The summed E-state index contributed by atoms with van der Waals surface area (Å²) in [7, 11) is -1.12. The highest BCUT2D eigenvalue weighted by atomic mass is 28.3. The highest BCUT2D eigenvalue weighted by molar-refractivity contribution is 6.84. The third-order valence-corrected chi connectivity index (χ3v) is 3.01. The van der Waals surface area contributed by atoms with E-state index in [4.69, 9.17) is 0 Å². The van der Waals surface area contributed by atoms with E-state index in [2.05, 4.69) is 37.2 Å². The Balaban J connectivity index is 2.93. The number of hydrogen-bond acceptors (Lipinski definition) is 0. The minimum atomic E-state index is -1.12. The van der Waals surface area contributed by atoms with Crippen LogP contribution in [0.15, 0.2) is 17.0 Å². The minimum absolute atomic E-state index is 1.12. The van der Waals surface area contributed by atoms with Crippen molar-refractivity contribution in [3.63, 3.8) is 0 Å². The molecule has 0 saturated carbocycles. The van der Waals surface area contributed by atoms with E-state index in [1.54, 1.807) is 0 Å². The lowest BCUT2D eigenvalue weighted by Gasteiger charge is -2.11. The molecule has 1 heteroatoms. The van der Waals surface area contributed by atoms with Crippen molar-refractivity contribution in [2.24, 2.45) is 0 Å². The Morgan fingerprint density at radius 1 is 1.33 bits per heavy atom. The molecule has 1 aliphatic carbocycles. The SMILES string of the molecule is C[Si](C)(C)C1=C=CC#C1. The molecule has 0 heterocycles. The Bertz CT molecular complexity index is 236. The molecule has 0 saturated heterocycles. The molecule has 0 aromatic carbocycles. The average Bonchev–Trinajstić information content (AvgIpc) is 2.08. The van der Waals surface area contributed by atoms with Gasteiger partial charge in [-0.15, -0.1) is 5.73 Å². The molecule has 0 N–H and O–H groups in total. The molecule has 0 unspecified atom stereocenters. The van der Waals surface area contributed by atoms with E-state index in [0.29, 0.717) is 0 Å². The van der Waals surface area contributed by atoms with Gasteiger partial charge in [0.1, 0.15) is 0 Å². The van der Waals surface area contributed by atoms with Crippen LogP contribution in [0.2, 0.25) is 19.6 Å². The van der Waals surface area contributed by atoms with E-state index in [1.165, 1.54) is 5.20 Å². The van der Waals surface area contributed by atoms with E-state index in [9.17, 15) is 0 Å². The first kappa shape index (κ1) is 6.42. The third-order valence-electron chi connectivity index (χ3n) is 1.24. The molecular weight excluding hydrogens is 124 g/mol. The van der Waals surface area contributed by atoms with Crippen LogP contribution in [0.4, 0.5) is 0 Å². The maximum atomic E-state index is 3.13. The summed E-state index contributed by atoms with van der Waals surface area (Å²) in [6.07, 6.45) is 1.81. The quantitative estimate of drug-likeness (QED) is 0.292. The number of rotatable bonds is 1. The van der Waals surface area contributed by atoms with Gasteiger partial charge in [-0.25, -0.2) is 0 Å². The van der Waals surface area contributed by atoms with Gasteiger partial charge >= 0.3 is 0 Å². The lowest BCUT2D eigenvalue weighted by molar-refractivity contribution is 1.71. The minimum Gasteiger partial charge on any atom is -0.104 e. The van der Waals surface area contributed by atoms with Crippen LogP contribution < -0.4 is 0 Å². The smallest absolute Gasteiger partial charge is 0.0985 e. The Morgan fingerprint density at radius 2 is 2.00 bits per heavy atom. The maximum Gasteiger partial charge on any atom is 0.0985 e. The standard InChI is InChI=1S/C8H10Si/c1-9(2,3)8-6-4-5-7-8/h4H,1-3H3. The van der Waals surface area contributed by atoms with Gasteiger partial charge in [-0.2, -0.15) is 0 Å². The fourth-order valence-electron chi connectivity index (χ4n) is 0.657. The van der Waals surface area contributed by atoms with Crippen molar-refractivity contribution < 1.29 is 0 Å². The van der Waals surface area contributed by atoms with Crippen molar-refractivity contribution in [1.29, 1.82) is 0 Å². The van der Waals surface area contributed by atoms with Crippen molar-refractivity contribution in [3.05, 3.63) is 17.0 Å². The van der Waals surface area contributed by atoms with Crippen LogP contribution in [0.3, 0.4) is 0 Å². The van der Waals surface area contributed by atoms with Gasteiger partial charge in [0.2, 0.25) is 0 Å². The summed E-state index contributed by atoms with van der Waals surface area (Å²) in [5.74, 6) is 5.95. The Labute approximate surface area is 57.3 Å². The van der Waals surface area contributed by atoms with Crippen LogP contribution in [0.5, 0.6) is 0 Å². The average molecular weight is 134 g/mol. The van der Waals surface area contributed by atoms with Crippen LogP contribution in [0, 0.1) is 11.8 Å². The lowest BCUT2D eigenvalue weighted by Crippen LogP contribution is -2.21. The van der Waals surface area contributed by atoms with Crippen LogP contribution in [0.25, 0.3) is 0 Å². The molecule has 0 nitrogen and oxygen atoms in total. The molecule has 0 aromatic heterocycles. The van der Waals surface area contributed by atoms with E-state index < -0.39 is 8.07 Å². The first-order valence-electron chi connectivity index (χ1n) is 3.08. The molecule has 0 bridgehead atoms. The lowest BCUT2D eigenvalue weighted by atomic mass is 10.7. The summed E-state index contributed by atoms with van der Waals surface area (Å²) in [5, 5.41) is 1.25. The van der Waals surface area contributed by atoms with Crippen LogP contribution in [-0.4, -0.2) is 8.07 Å². The molecular formula is C8H10Si. The van der Waals surface area contributed by atoms with Crippen molar-refractivity contribution in [2.45, 2.75) is 19.6 Å². The monoisotopic (exact) mass is 134 g/mol. The van der Waals surface area contributed by atoms with Gasteiger partial charge < -0.3 is 0 Å². The second kappa shape index (κ2) is 1.91. The van der Waals surface area contributed by atoms with Gasteiger partial charge in [0.25, 0.3) is 0 Å². The normalized spacial score (nSPS) is 14.8. The largest absolute Gasteiger partial charge is 0.104 e. The Hall–Kier alpha value is -0.703. The second-order valence-corrected chi connectivity index (χ2v) is 8.18. The summed E-state index contributed by atoms with van der Waals surface area (Å²) in [6, 6.07) is 0. The van der Waals surface area contributed by atoms with E-state index in [0.717, 1.165) is 0 Å². The van der Waals surface area contributed by atoms with E-state index in [-0.39, 0.29) is 0 Å². The second-order valence-electron chi connectivity index (χ2n) is 3.18. The summed E-state index contributed by atoms with van der Waals surface area (Å²) in [5.41, 5.74) is 3.13. The molecule has 1 aliphatic rings. The van der Waals surface area contributed by atoms with E-state index in [1.807, 2.05) is 6.08 Å². The Kier molecular flexibility index (Phi) is 1.36. The first-order chi connectivity index (χ1) is 4.11. The van der Waals surface area contributed by atoms with Gasteiger partial charge in [0, 0.05) is 11.3 Å². The Morgan fingerprint density at radius 3 is 2.22 bits per heavy atom. The van der Waals surface area contributed by atoms with Gasteiger partial charge in [-0.1, -0.05) is 31.5 Å². The van der Waals surface area contributed by atoms with Crippen molar-refractivity contribution in [1.82, 2.24) is 0 Å². The molecule has 46 valence electrons. The molecule has 9 heavy (non-hydrogen) atoms. The summed E-state index contributed by atoms with van der Waals surface area (Å²) in [4.78, 5) is 0. The fraction of sp³-hybridized carbons (Fsp3) is 0.375. The predicted molar refractivity (Wildman–Crippen MR) is 42.7 cm³/mol. The third kappa shape index (κ3) is 1.35. The zero-order chi connectivity index (χ0) is 6.91. The van der Waals surface area contributed by atoms with Gasteiger partial charge in [0.15, 0.2) is 0 Å². The molecule has 0 spiro atoms. The summed E-state index contributed by atoms with van der Waals surface area (Å²) in [6.45, 7) is 6.84. The van der Waals surface area contributed by atoms with Crippen LogP contribution >= 0.6 is 0 Å². The van der Waals surface area contributed by atoms with Gasteiger partial charge in [-0.3, -0.25) is 0 Å². The molecule has 0 aliphatic heterocycles. The number of hydrogen-bond donors (Lipinski definition) is 0. The molecule has 0 fully saturated rings. The van der Waals surface area contributed by atoms with Gasteiger partial charge in [-0.05, 0) is 0 Å². The zero-order valence-electron chi connectivity index (χ0n) is 6.08. The predicted octanol–water partition coefficient (Wildman–Crippen LogP) is 1.96. The van der Waals surface area contributed by atoms with Crippen molar-refractivity contribution in [2.75, 3.05) is 0 Å². The highest BCUT2D eigenvalue weighted by Gasteiger charge is 2.18. The first-order valence-corrected chi connectivity index (χ1v) is 6.58. The van der Waals surface area contributed by atoms with Crippen LogP contribution in [-0.2, 0) is 0 Å². The maximum absolute atomic E-state index is 3.13. The molecule has 0 radical (unpaired) electrons. The van der Waals surface area contributed by atoms with Crippen molar-refractivity contribution in [3.8, 4) is 11.8 Å². The summed E-state index contributed by atoms with van der Waals surface area (Å²) < 4.78 is 0. The van der Waals surface area contributed by atoms with Crippen molar-refractivity contribution >= 4 is 8.07 Å². The fourth-order valence-corrected chi connectivity index (χ4v) is 1.61. The molecule has 0 aromatic rings. The molecule has 0 amide bonds. The highest BCUT2D eigenvalue weighted by Crippen LogP contribution is 2.13.